The van der Waals surface area contributed by atoms with E-state index in [1.807, 2.05) is 24.8 Å². The van der Waals surface area contributed by atoms with Crippen molar-refractivity contribution in [1.29, 1.82) is 0 Å². The normalized spacial score (nSPS) is 16.2. The lowest BCUT2D eigenvalue weighted by Crippen LogP contribution is -2.41. The van der Waals surface area contributed by atoms with Gasteiger partial charge in [0.25, 0.3) is 5.91 Å². The van der Waals surface area contributed by atoms with Gasteiger partial charge in [-0.05, 0) is 32.3 Å². The highest BCUT2D eigenvalue weighted by molar-refractivity contribution is 7.80. The fourth-order valence-electron chi connectivity index (χ4n) is 2.50. The molecule has 5 nitrogen and oxygen atoms in total. The molecule has 2 rings (SSSR count). The number of piperidine rings is 1. The predicted molar refractivity (Wildman–Crippen MR) is 81.6 cm³/mol. The molecule has 0 spiro atoms. The molecule has 0 unspecified atom stereocenters. The van der Waals surface area contributed by atoms with E-state index in [2.05, 4.69) is 10.2 Å². The van der Waals surface area contributed by atoms with E-state index in [0.29, 0.717) is 30.1 Å². The van der Waals surface area contributed by atoms with Crippen molar-refractivity contribution in [1.82, 2.24) is 15.1 Å². The zero-order valence-electron chi connectivity index (χ0n) is 11.9. The van der Waals surface area contributed by atoms with Crippen molar-refractivity contribution in [2.45, 2.75) is 33.1 Å². The molecular weight excluding hydrogens is 272 g/mol. The maximum atomic E-state index is 12.6. The van der Waals surface area contributed by atoms with E-state index in [1.54, 1.807) is 0 Å². The van der Waals surface area contributed by atoms with E-state index in [-0.39, 0.29) is 11.8 Å². The molecular formula is C14H20N4OS. The van der Waals surface area contributed by atoms with Crippen LogP contribution in [-0.4, -0.2) is 39.1 Å². The number of carbonyl (C=O) groups is 1. The number of hydrogen-bond acceptors (Lipinski definition) is 4. The second-order valence-corrected chi connectivity index (χ2v) is 5.64. The molecule has 1 amide bonds. The highest BCUT2D eigenvalue weighted by Crippen LogP contribution is 2.20. The van der Waals surface area contributed by atoms with Crippen LogP contribution in [0.3, 0.4) is 0 Å². The molecule has 0 bridgehead atoms. The zero-order chi connectivity index (χ0) is 14.7. The van der Waals surface area contributed by atoms with Gasteiger partial charge in [-0.1, -0.05) is 19.1 Å². The lowest BCUT2D eigenvalue weighted by Gasteiger charge is -2.31. The van der Waals surface area contributed by atoms with Gasteiger partial charge in [0, 0.05) is 19.0 Å². The number of thiocarbonyl (C=S) groups is 1. The van der Waals surface area contributed by atoms with E-state index in [0.717, 1.165) is 24.2 Å². The molecule has 2 N–H and O–H groups in total. The van der Waals surface area contributed by atoms with E-state index in [1.165, 1.54) is 0 Å². The third kappa shape index (κ3) is 3.12. The van der Waals surface area contributed by atoms with Crippen LogP contribution in [0.1, 0.15) is 41.5 Å². The standard InChI is InChI=1S/C14H20N4OS/c1-3-12-11(8-9(2)16-17-12)14(19)18-6-4-10(5-7-18)13(15)20/h8,10H,3-7H2,1-2H3,(H2,15,20). The van der Waals surface area contributed by atoms with Gasteiger partial charge in [0.05, 0.1) is 21.9 Å². The summed E-state index contributed by atoms with van der Waals surface area (Å²) in [4.78, 5) is 15.0. The van der Waals surface area contributed by atoms with Crippen molar-refractivity contribution < 1.29 is 4.79 Å². The number of nitrogens with two attached hydrogens (primary N) is 1. The third-order valence-electron chi connectivity index (χ3n) is 3.74. The number of aryl methyl sites for hydroxylation is 2. The summed E-state index contributed by atoms with van der Waals surface area (Å²) < 4.78 is 0. The molecule has 6 heteroatoms. The molecule has 1 aromatic rings. The first-order chi connectivity index (χ1) is 9.52. The molecule has 0 atom stereocenters. The number of aromatic nitrogens is 2. The van der Waals surface area contributed by atoms with Gasteiger partial charge in [-0.2, -0.15) is 10.2 Å². The lowest BCUT2D eigenvalue weighted by atomic mass is 9.96. The van der Waals surface area contributed by atoms with Crippen LogP contribution in [-0.2, 0) is 6.42 Å². The highest BCUT2D eigenvalue weighted by Gasteiger charge is 2.26. The second kappa shape index (κ2) is 6.26. The lowest BCUT2D eigenvalue weighted by molar-refractivity contribution is 0.0708. The van der Waals surface area contributed by atoms with Crippen molar-refractivity contribution in [2.24, 2.45) is 11.7 Å². The van der Waals surface area contributed by atoms with Crippen LogP contribution in [0.25, 0.3) is 0 Å². The van der Waals surface area contributed by atoms with Crippen LogP contribution in [0, 0.1) is 12.8 Å². The molecule has 0 aromatic carbocycles. The minimum atomic E-state index is 0.0428. The van der Waals surface area contributed by atoms with Gasteiger partial charge in [-0.3, -0.25) is 4.79 Å². The Hall–Kier alpha value is -1.56. The van der Waals surface area contributed by atoms with Crippen LogP contribution in [0.4, 0.5) is 0 Å². The van der Waals surface area contributed by atoms with E-state index >= 15 is 0 Å². The van der Waals surface area contributed by atoms with Crippen molar-refractivity contribution in [2.75, 3.05) is 13.1 Å². The fraction of sp³-hybridized carbons (Fsp3) is 0.571. The Morgan fingerprint density at radius 3 is 2.65 bits per heavy atom. The van der Waals surface area contributed by atoms with Crippen molar-refractivity contribution >= 4 is 23.1 Å². The predicted octanol–water partition coefficient (Wildman–Crippen LogP) is 1.49. The number of rotatable bonds is 3. The van der Waals surface area contributed by atoms with E-state index in [9.17, 15) is 4.79 Å². The summed E-state index contributed by atoms with van der Waals surface area (Å²) in [6, 6.07) is 1.83. The van der Waals surface area contributed by atoms with Gasteiger partial charge in [-0.25, -0.2) is 0 Å². The van der Waals surface area contributed by atoms with Gasteiger partial charge >= 0.3 is 0 Å². The minimum Gasteiger partial charge on any atom is -0.393 e. The smallest absolute Gasteiger partial charge is 0.255 e. The number of hydrogen-bond donors (Lipinski definition) is 1. The molecule has 20 heavy (non-hydrogen) atoms. The Morgan fingerprint density at radius 1 is 1.45 bits per heavy atom. The quantitative estimate of drug-likeness (QED) is 0.855. The number of amides is 1. The van der Waals surface area contributed by atoms with Crippen LogP contribution in [0.15, 0.2) is 6.07 Å². The summed E-state index contributed by atoms with van der Waals surface area (Å²) in [5.41, 5.74) is 7.88. The van der Waals surface area contributed by atoms with Gasteiger partial charge in [0.2, 0.25) is 0 Å². The SMILES string of the molecule is CCc1nnc(C)cc1C(=O)N1CCC(C(N)=S)CC1. The van der Waals surface area contributed by atoms with Crippen LogP contribution in [0.2, 0.25) is 0 Å². The molecule has 1 fully saturated rings. The summed E-state index contributed by atoms with van der Waals surface area (Å²) in [7, 11) is 0. The van der Waals surface area contributed by atoms with Crippen LogP contribution in [0.5, 0.6) is 0 Å². The highest BCUT2D eigenvalue weighted by atomic mass is 32.1. The summed E-state index contributed by atoms with van der Waals surface area (Å²) in [5, 5.41) is 8.14. The monoisotopic (exact) mass is 292 g/mol. The van der Waals surface area contributed by atoms with E-state index < -0.39 is 0 Å². The first-order valence-corrected chi connectivity index (χ1v) is 7.35. The Bertz CT molecular complexity index is 524. The fourth-order valence-corrected chi connectivity index (χ4v) is 2.73. The average molecular weight is 292 g/mol. The number of nitrogens with zero attached hydrogens (tertiary/aromatic N) is 3. The van der Waals surface area contributed by atoms with Crippen molar-refractivity contribution in [3.63, 3.8) is 0 Å². The molecule has 0 radical (unpaired) electrons. The molecule has 108 valence electrons. The molecule has 1 aromatic heterocycles. The Labute approximate surface area is 124 Å². The Kier molecular flexibility index (Phi) is 4.65. The van der Waals surface area contributed by atoms with E-state index in [4.69, 9.17) is 18.0 Å². The molecule has 1 aliphatic rings. The molecule has 0 aliphatic carbocycles. The number of likely N-dealkylation sites (tertiary alicyclic amines) is 1. The topological polar surface area (TPSA) is 72.1 Å². The van der Waals surface area contributed by atoms with Gasteiger partial charge in [0.1, 0.15) is 0 Å². The molecule has 2 heterocycles. The summed E-state index contributed by atoms with van der Waals surface area (Å²) in [5.74, 6) is 0.304. The second-order valence-electron chi connectivity index (χ2n) is 5.17. The Balaban J connectivity index is 2.13. The molecule has 1 aliphatic heterocycles. The largest absolute Gasteiger partial charge is 0.393 e. The first-order valence-electron chi connectivity index (χ1n) is 6.94. The number of carbonyl (C=O) groups excluding carboxylic acids is 1. The van der Waals surface area contributed by atoms with Gasteiger partial charge in [-0.15, -0.1) is 0 Å². The van der Waals surface area contributed by atoms with Crippen molar-refractivity contribution in [3.05, 3.63) is 23.0 Å². The minimum absolute atomic E-state index is 0.0428. The summed E-state index contributed by atoms with van der Waals surface area (Å²) in [6.45, 7) is 5.23. The average Bonchev–Trinajstić information content (AvgIpc) is 2.46. The zero-order valence-corrected chi connectivity index (χ0v) is 12.7. The third-order valence-corrected chi connectivity index (χ3v) is 4.08. The first kappa shape index (κ1) is 14.8. The Morgan fingerprint density at radius 2 is 2.10 bits per heavy atom. The van der Waals surface area contributed by atoms with Crippen molar-refractivity contribution in [3.8, 4) is 0 Å². The summed E-state index contributed by atoms with van der Waals surface area (Å²) >= 11 is 5.03. The van der Waals surface area contributed by atoms with Crippen LogP contribution < -0.4 is 5.73 Å². The molecule has 1 saturated heterocycles. The van der Waals surface area contributed by atoms with Gasteiger partial charge in [0.15, 0.2) is 0 Å². The van der Waals surface area contributed by atoms with Gasteiger partial charge < -0.3 is 10.6 Å². The summed E-state index contributed by atoms with van der Waals surface area (Å²) in [6.07, 6.45) is 2.40. The maximum Gasteiger partial charge on any atom is 0.255 e. The molecule has 0 saturated carbocycles. The maximum absolute atomic E-state index is 12.6. The van der Waals surface area contributed by atoms with Crippen LogP contribution >= 0.6 is 12.2 Å².